The molecular formula is C17H14N2O3S. The third-order valence-corrected chi connectivity index (χ3v) is 3.90. The van der Waals surface area contributed by atoms with Crippen molar-refractivity contribution in [3.05, 3.63) is 65.0 Å². The van der Waals surface area contributed by atoms with Gasteiger partial charge in [-0.3, -0.25) is 0 Å². The van der Waals surface area contributed by atoms with E-state index >= 15 is 0 Å². The first kappa shape index (κ1) is 15.1. The van der Waals surface area contributed by atoms with Gasteiger partial charge in [0, 0.05) is 10.9 Å². The van der Waals surface area contributed by atoms with Crippen LogP contribution in [-0.4, -0.2) is 16.2 Å². The highest BCUT2D eigenvalue weighted by Crippen LogP contribution is 2.23. The molecule has 1 aromatic heterocycles. The van der Waals surface area contributed by atoms with E-state index in [2.05, 4.69) is 10.3 Å². The summed E-state index contributed by atoms with van der Waals surface area (Å²) in [6.45, 7) is 0.300. The second-order valence-electron chi connectivity index (χ2n) is 4.73. The Bertz CT molecular complexity index is 785. The van der Waals surface area contributed by atoms with Crippen LogP contribution in [-0.2, 0) is 6.54 Å². The fourth-order valence-corrected chi connectivity index (χ4v) is 2.68. The van der Waals surface area contributed by atoms with E-state index in [-0.39, 0.29) is 5.75 Å². The zero-order valence-electron chi connectivity index (χ0n) is 12.1. The summed E-state index contributed by atoms with van der Waals surface area (Å²) >= 11 is 1.45. The number of aromatic hydroxyl groups is 1. The molecule has 0 aliphatic heterocycles. The van der Waals surface area contributed by atoms with Crippen LogP contribution in [0.5, 0.6) is 11.5 Å². The smallest absolute Gasteiger partial charge is 0.412 e. The zero-order valence-corrected chi connectivity index (χ0v) is 12.9. The summed E-state index contributed by atoms with van der Waals surface area (Å²) in [5.74, 6) is 0.712. The van der Waals surface area contributed by atoms with Gasteiger partial charge < -0.3 is 15.2 Å². The molecular weight excluding hydrogens is 312 g/mol. The molecule has 0 aliphatic rings. The molecule has 0 saturated heterocycles. The highest BCUT2D eigenvalue weighted by Gasteiger charge is 2.08. The van der Waals surface area contributed by atoms with E-state index < -0.39 is 6.09 Å². The number of phenolic OH excluding ortho intramolecular Hbond substituents is 1. The number of benzene rings is 2. The Morgan fingerprint density at radius 3 is 2.61 bits per heavy atom. The van der Waals surface area contributed by atoms with Gasteiger partial charge in [0.2, 0.25) is 0 Å². The lowest BCUT2D eigenvalue weighted by molar-refractivity contribution is 0.200. The SMILES string of the molecule is O=C(NCc1nc(-c2ccc(O)cc2)cs1)Oc1ccccc1. The Morgan fingerprint density at radius 2 is 1.87 bits per heavy atom. The van der Waals surface area contributed by atoms with Crippen molar-refractivity contribution in [2.45, 2.75) is 6.54 Å². The summed E-state index contributed by atoms with van der Waals surface area (Å²) in [4.78, 5) is 16.2. The van der Waals surface area contributed by atoms with Gasteiger partial charge in [-0.1, -0.05) is 18.2 Å². The topological polar surface area (TPSA) is 71.5 Å². The molecule has 6 heteroatoms. The third-order valence-electron chi connectivity index (χ3n) is 3.05. The number of hydrogen-bond acceptors (Lipinski definition) is 5. The third kappa shape index (κ3) is 4.08. The van der Waals surface area contributed by atoms with Crippen molar-refractivity contribution in [1.82, 2.24) is 10.3 Å². The molecule has 0 atom stereocenters. The van der Waals surface area contributed by atoms with E-state index in [9.17, 15) is 9.90 Å². The lowest BCUT2D eigenvalue weighted by Gasteiger charge is -2.04. The highest BCUT2D eigenvalue weighted by molar-refractivity contribution is 7.09. The second kappa shape index (κ2) is 6.93. The van der Waals surface area contributed by atoms with E-state index in [1.165, 1.54) is 11.3 Å². The lowest BCUT2D eigenvalue weighted by atomic mass is 10.2. The number of carbonyl (C=O) groups is 1. The molecule has 0 bridgehead atoms. The van der Waals surface area contributed by atoms with Crippen molar-refractivity contribution in [3.8, 4) is 22.8 Å². The number of rotatable bonds is 4. The van der Waals surface area contributed by atoms with Crippen LogP contribution >= 0.6 is 11.3 Å². The van der Waals surface area contributed by atoms with Crippen molar-refractivity contribution in [1.29, 1.82) is 0 Å². The minimum Gasteiger partial charge on any atom is -0.508 e. The average molecular weight is 326 g/mol. The molecule has 1 heterocycles. The van der Waals surface area contributed by atoms with E-state index in [0.717, 1.165) is 16.3 Å². The summed E-state index contributed by atoms with van der Waals surface area (Å²) < 4.78 is 5.14. The number of aromatic nitrogens is 1. The Balaban J connectivity index is 1.57. The van der Waals surface area contributed by atoms with E-state index in [1.54, 1.807) is 48.5 Å². The fraction of sp³-hybridized carbons (Fsp3) is 0.0588. The van der Waals surface area contributed by atoms with Crippen LogP contribution in [0.25, 0.3) is 11.3 Å². The first-order chi connectivity index (χ1) is 11.2. The normalized spacial score (nSPS) is 10.3. The first-order valence-corrected chi connectivity index (χ1v) is 7.83. The van der Waals surface area contributed by atoms with E-state index in [0.29, 0.717) is 12.3 Å². The van der Waals surface area contributed by atoms with Crippen molar-refractivity contribution in [3.63, 3.8) is 0 Å². The standard InChI is InChI=1S/C17H14N2O3S/c20-13-8-6-12(7-9-13)15-11-23-16(19-15)10-18-17(21)22-14-4-2-1-3-5-14/h1-9,11,20H,10H2,(H,18,21). The molecule has 23 heavy (non-hydrogen) atoms. The van der Waals surface area contributed by atoms with Crippen LogP contribution in [0.3, 0.4) is 0 Å². The first-order valence-electron chi connectivity index (χ1n) is 6.95. The molecule has 3 aromatic rings. The quantitative estimate of drug-likeness (QED) is 0.765. The maximum atomic E-state index is 11.7. The van der Waals surface area contributed by atoms with Crippen molar-refractivity contribution in [2.75, 3.05) is 0 Å². The number of thiazole rings is 1. The molecule has 2 aromatic carbocycles. The molecule has 116 valence electrons. The van der Waals surface area contributed by atoms with E-state index in [1.807, 2.05) is 11.4 Å². The number of amides is 1. The lowest BCUT2D eigenvalue weighted by Crippen LogP contribution is -2.26. The Labute approximate surface area is 137 Å². The summed E-state index contributed by atoms with van der Waals surface area (Å²) in [5.41, 5.74) is 1.72. The molecule has 0 radical (unpaired) electrons. The number of carbonyl (C=O) groups excluding carboxylic acids is 1. The van der Waals surface area contributed by atoms with Crippen molar-refractivity contribution >= 4 is 17.4 Å². The number of nitrogens with one attached hydrogen (secondary N) is 1. The molecule has 0 aliphatic carbocycles. The molecule has 0 unspecified atom stereocenters. The van der Waals surface area contributed by atoms with Gasteiger partial charge in [-0.15, -0.1) is 11.3 Å². The number of phenols is 1. The van der Waals surface area contributed by atoms with Gasteiger partial charge >= 0.3 is 6.09 Å². The van der Waals surface area contributed by atoms with Crippen LogP contribution in [0.15, 0.2) is 60.0 Å². The van der Waals surface area contributed by atoms with Crippen molar-refractivity contribution < 1.29 is 14.6 Å². The van der Waals surface area contributed by atoms with Gasteiger partial charge in [0.05, 0.1) is 12.2 Å². The maximum Gasteiger partial charge on any atom is 0.412 e. The summed E-state index contributed by atoms with van der Waals surface area (Å²) in [7, 11) is 0. The molecule has 2 N–H and O–H groups in total. The summed E-state index contributed by atoms with van der Waals surface area (Å²) in [5, 5.41) is 14.6. The van der Waals surface area contributed by atoms with Gasteiger partial charge in [0.15, 0.2) is 0 Å². The monoisotopic (exact) mass is 326 g/mol. The van der Waals surface area contributed by atoms with Gasteiger partial charge in [-0.05, 0) is 36.4 Å². The fourth-order valence-electron chi connectivity index (χ4n) is 1.94. The minimum absolute atomic E-state index is 0.217. The largest absolute Gasteiger partial charge is 0.508 e. The predicted octanol–water partition coefficient (Wildman–Crippen LogP) is 3.80. The predicted molar refractivity (Wildman–Crippen MR) is 88.5 cm³/mol. The Hall–Kier alpha value is -2.86. The Kier molecular flexibility index (Phi) is 4.54. The summed E-state index contributed by atoms with van der Waals surface area (Å²) in [6.07, 6.45) is -0.516. The van der Waals surface area contributed by atoms with Crippen molar-refractivity contribution in [2.24, 2.45) is 0 Å². The molecule has 3 rings (SSSR count). The van der Waals surface area contributed by atoms with Crippen LogP contribution in [0.1, 0.15) is 5.01 Å². The molecule has 1 amide bonds. The minimum atomic E-state index is -0.516. The molecule has 0 fully saturated rings. The number of hydrogen-bond donors (Lipinski definition) is 2. The van der Waals surface area contributed by atoms with Gasteiger partial charge in [-0.2, -0.15) is 0 Å². The average Bonchev–Trinajstić information content (AvgIpc) is 3.04. The number of ether oxygens (including phenoxy) is 1. The van der Waals surface area contributed by atoms with Gasteiger partial charge in [-0.25, -0.2) is 9.78 Å². The van der Waals surface area contributed by atoms with Crippen LogP contribution in [0.4, 0.5) is 4.79 Å². The number of para-hydroxylation sites is 1. The number of nitrogens with zero attached hydrogens (tertiary/aromatic N) is 1. The van der Waals surface area contributed by atoms with E-state index in [4.69, 9.17) is 4.74 Å². The summed E-state index contributed by atoms with van der Waals surface area (Å²) in [6, 6.07) is 15.7. The van der Waals surface area contributed by atoms with Crippen LogP contribution in [0, 0.1) is 0 Å². The second-order valence-corrected chi connectivity index (χ2v) is 5.67. The molecule has 0 saturated carbocycles. The Morgan fingerprint density at radius 1 is 1.13 bits per heavy atom. The molecule has 5 nitrogen and oxygen atoms in total. The highest BCUT2D eigenvalue weighted by atomic mass is 32.1. The van der Waals surface area contributed by atoms with Crippen LogP contribution in [0.2, 0.25) is 0 Å². The zero-order chi connectivity index (χ0) is 16.1. The molecule has 0 spiro atoms. The van der Waals surface area contributed by atoms with Gasteiger partial charge in [0.1, 0.15) is 16.5 Å². The van der Waals surface area contributed by atoms with Crippen LogP contribution < -0.4 is 10.1 Å². The maximum absolute atomic E-state index is 11.7. The van der Waals surface area contributed by atoms with Gasteiger partial charge in [0.25, 0.3) is 0 Å².